The van der Waals surface area contributed by atoms with Crippen molar-refractivity contribution >= 4 is 6.03 Å². The van der Waals surface area contributed by atoms with Crippen LogP contribution in [0.1, 0.15) is 26.0 Å². The molecule has 134 valence electrons. The number of hydrogen-bond donors (Lipinski definition) is 1. The van der Waals surface area contributed by atoms with Crippen molar-refractivity contribution in [2.75, 3.05) is 33.3 Å². The second-order valence-corrected chi connectivity index (χ2v) is 7.41. The van der Waals surface area contributed by atoms with E-state index in [0.29, 0.717) is 11.8 Å². The number of nitrogens with zero attached hydrogens (tertiary/aromatic N) is 2. The van der Waals surface area contributed by atoms with Gasteiger partial charge in [0.05, 0.1) is 25.5 Å². The maximum atomic E-state index is 12.3. The molecule has 2 aliphatic rings. The molecule has 6 heteroatoms. The SMILES string of the molecule is CC(C)NC(=O)N1CC[C@H]2CO[C@H](CN(C)Cc3ccco3)[C@H]2C1. The van der Waals surface area contributed by atoms with Crippen molar-refractivity contribution in [3.05, 3.63) is 24.2 Å². The zero-order valence-electron chi connectivity index (χ0n) is 14.9. The van der Waals surface area contributed by atoms with Crippen LogP contribution in [0.5, 0.6) is 0 Å². The lowest BCUT2D eigenvalue weighted by molar-refractivity contribution is 0.0510. The van der Waals surface area contributed by atoms with Gasteiger partial charge in [-0.05, 0) is 45.4 Å². The lowest BCUT2D eigenvalue weighted by atomic mass is 9.84. The van der Waals surface area contributed by atoms with Crippen molar-refractivity contribution in [1.82, 2.24) is 15.1 Å². The van der Waals surface area contributed by atoms with Crippen molar-refractivity contribution in [3.63, 3.8) is 0 Å². The zero-order chi connectivity index (χ0) is 17.1. The van der Waals surface area contributed by atoms with Gasteiger partial charge in [0.25, 0.3) is 0 Å². The number of ether oxygens (including phenoxy) is 1. The summed E-state index contributed by atoms with van der Waals surface area (Å²) in [6.07, 6.45) is 2.93. The minimum atomic E-state index is 0.0537. The van der Waals surface area contributed by atoms with Gasteiger partial charge in [0, 0.05) is 31.6 Å². The van der Waals surface area contributed by atoms with Crippen LogP contribution in [0.15, 0.2) is 22.8 Å². The summed E-state index contributed by atoms with van der Waals surface area (Å²) in [6, 6.07) is 4.13. The predicted molar refractivity (Wildman–Crippen MR) is 91.6 cm³/mol. The molecule has 0 spiro atoms. The van der Waals surface area contributed by atoms with Gasteiger partial charge in [-0.15, -0.1) is 0 Å². The number of likely N-dealkylation sites (N-methyl/N-ethyl adjacent to an activating group) is 1. The highest BCUT2D eigenvalue weighted by atomic mass is 16.5. The molecule has 0 unspecified atom stereocenters. The van der Waals surface area contributed by atoms with Crippen molar-refractivity contribution in [2.45, 2.75) is 39.0 Å². The van der Waals surface area contributed by atoms with E-state index in [9.17, 15) is 4.79 Å². The van der Waals surface area contributed by atoms with Gasteiger partial charge in [0.1, 0.15) is 5.76 Å². The Morgan fingerprint density at radius 3 is 3.04 bits per heavy atom. The number of fused-ring (bicyclic) bond motifs is 1. The molecule has 1 aromatic rings. The molecule has 2 saturated heterocycles. The van der Waals surface area contributed by atoms with Crippen LogP contribution in [0, 0.1) is 11.8 Å². The highest BCUT2D eigenvalue weighted by Crippen LogP contribution is 2.34. The topological polar surface area (TPSA) is 58.0 Å². The van der Waals surface area contributed by atoms with Crippen LogP contribution in [0.25, 0.3) is 0 Å². The number of likely N-dealkylation sites (tertiary alicyclic amines) is 1. The third-order valence-corrected chi connectivity index (χ3v) is 5.01. The van der Waals surface area contributed by atoms with Crippen LogP contribution >= 0.6 is 0 Å². The molecule has 0 bridgehead atoms. The summed E-state index contributed by atoms with van der Waals surface area (Å²) in [5.41, 5.74) is 0. The molecule has 2 fully saturated rings. The number of furan rings is 1. The first-order valence-corrected chi connectivity index (χ1v) is 8.91. The summed E-state index contributed by atoms with van der Waals surface area (Å²) in [7, 11) is 2.09. The Bertz CT molecular complexity index is 532. The minimum absolute atomic E-state index is 0.0537. The van der Waals surface area contributed by atoms with Crippen LogP contribution in [0.2, 0.25) is 0 Å². The van der Waals surface area contributed by atoms with Crippen molar-refractivity contribution in [3.8, 4) is 0 Å². The summed E-state index contributed by atoms with van der Waals surface area (Å²) in [4.78, 5) is 16.5. The minimum Gasteiger partial charge on any atom is -0.468 e. The fourth-order valence-electron chi connectivity index (χ4n) is 3.78. The predicted octanol–water partition coefficient (Wildman–Crippen LogP) is 2.17. The number of nitrogens with one attached hydrogen (secondary N) is 1. The number of amides is 2. The van der Waals surface area contributed by atoms with Crippen molar-refractivity contribution in [2.24, 2.45) is 11.8 Å². The first-order chi connectivity index (χ1) is 11.5. The summed E-state index contributed by atoms with van der Waals surface area (Å²) in [5, 5.41) is 3.00. The number of carbonyl (C=O) groups is 1. The number of urea groups is 1. The van der Waals surface area contributed by atoms with Crippen LogP contribution in [-0.4, -0.2) is 61.3 Å². The van der Waals surface area contributed by atoms with Crippen LogP contribution in [0.3, 0.4) is 0 Å². The van der Waals surface area contributed by atoms with E-state index in [4.69, 9.17) is 9.15 Å². The second kappa shape index (κ2) is 7.57. The van der Waals surface area contributed by atoms with Crippen LogP contribution in [0.4, 0.5) is 4.79 Å². The molecule has 3 atom stereocenters. The summed E-state index contributed by atoms with van der Waals surface area (Å²) >= 11 is 0. The van der Waals surface area contributed by atoms with Gasteiger partial charge >= 0.3 is 6.03 Å². The Morgan fingerprint density at radius 1 is 1.50 bits per heavy atom. The second-order valence-electron chi connectivity index (χ2n) is 7.41. The van der Waals surface area contributed by atoms with Gasteiger partial charge in [0.15, 0.2) is 0 Å². The molecule has 2 amide bonds. The molecular weight excluding hydrogens is 306 g/mol. The molecule has 1 aromatic heterocycles. The van der Waals surface area contributed by atoms with E-state index in [0.717, 1.165) is 45.0 Å². The molecule has 0 aliphatic carbocycles. The molecular formula is C18H29N3O3. The number of hydrogen-bond acceptors (Lipinski definition) is 4. The average Bonchev–Trinajstić information content (AvgIpc) is 3.16. The van der Waals surface area contributed by atoms with E-state index in [-0.39, 0.29) is 18.2 Å². The van der Waals surface area contributed by atoms with Crippen LogP contribution in [-0.2, 0) is 11.3 Å². The Hall–Kier alpha value is -1.53. The first kappa shape index (κ1) is 17.3. The Kier molecular flexibility index (Phi) is 5.46. The Morgan fingerprint density at radius 2 is 2.33 bits per heavy atom. The highest BCUT2D eigenvalue weighted by Gasteiger charge is 2.42. The third-order valence-electron chi connectivity index (χ3n) is 5.01. The van der Waals surface area contributed by atoms with Crippen molar-refractivity contribution in [1.29, 1.82) is 0 Å². The Balaban J connectivity index is 1.54. The van der Waals surface area contributed by atoms with Crippen LogP contribution < -0.4 is 5.32 Å². The third kappa shape index (κ3) is 4.11. The molecule has 3 heterocycles. The lowest BCUT2D eigenvalue weighted by Crippen LogP contribution is -2.51. The van der Waals surface area contributed by atoms with Gasteiger partial charge in [-0.25, -0.2) is 4.79 Å². The molecule has 3 rings (SSSR count). The van der Waals surface area contributed by atoms with E-state index < -0.39 is 0 Å². The van der Waals surface area contributed by atoms with Gasteiger partial charge in [-0.1, -0.05) is 0 Å². The van der Waals surface area contributed by atoms with E-state index in [2.05, 4.69) is 17.3 Å². The fraction of sp³-hybridized carbons (Fsp3) is 0.722. The van der Waals surface area contributed by atoms with Gasteiger partial charge < -0.3 is 19.4 Å². The number of rotatable bonds is 5. The van der Waals surface area contributed by atoms with E-state index >= 15 is 0 Å². The molecule has 0 saturated carbocycles. The Labute approximate surface area is 144 Å². The first-order valence-electron chi connectivity index (χ1n) is 8.91. The molecule has 2 aliphatic heterocycles. The standard InChI is InChI=1S/C18H29N3O3/c1-13(2)19-18(22)21-7-6-14-12-24-17(16(14)10-21)11-20(3)9-15-5-4-8-23-15/h4-5,8,13-14,16-17H,6-7,9-12H2,1-3H3,(H,19,22)/t14-,16-,17+/m0/s1. The molecule has 24 heavy (non-hydrogen) atoms. The monoisotopic (exact) mass is 335 g/mol. The lowest BCUT2D eigenvalue weighted by Gasteiger charge is -2.37. The maximum Gasteiger partial charge on any atom is 0.317 e. The number of piperidine rings is 1. The fourth-order valence-corrected chi connectivity index (χ4v) is 3.78. The van der Waals surface area contributed by atoms with E-state index in [1.807, 2.05) is 30.9 Å². The smallest absolute Gasteiger partial charge is 0.317 e. The summed E-state index contributed by atoms with van der Waals surface area (Å²) in [6.45, 7) is 8.08. The molecule has 6 nitrogen and oxygen atoms in total. The normalized spacial score (nSPS) is 26.9. The largest absolute Gasteiger partial charge is 0.468 e. The quantitative estimate of drug-likeness (QED) is 0.896. The average molecular weight is 335 g/mol. The van der Waals surface area contributed by atoms with E-state index in [1.54, 1.807) is 6.26 Å². The number of carbonyl (C=O) groups excluding carboxylic acids is 1. The van der Waals surface area contributed by atoms with Crippen molar-refractivity contribution < 1.29 is 13.9 Å². The molecule has 0 radical (unpaired) electrons. The van der Waals surface area contributed by atoms with Gasteiger partial charge in [-0.3, -0.25) is 4.90 Å². The summed E-state index contributed by atoms with van der Waals surface area (Å²) in [5.74, 6) is 1.97. The highest BCUT2D eigenvalue weighted by molar-refractivity contribution is 5.74. The van der Waals surface area contributed by atoms with Gasteiger partial charge in [-0.2, -0.15) is 0 Å². The summed E-state index contributed by atoms with van der Waals surface area (Å²) < 4.78 is 11.5. The molecule has 1 N–H and O–H groups in total. The molecule has 0 aromatic carbocycles. The van der Waals surface area contributed by atoms with Gasteiger partial charge in [0.2, 0.25) is 0 Å². The zero-order valence-corrected chi connectivity index (χ0v) is 14.9. The maximum absolute atomic E-state index is 12.3. The van der Waals surface area contributed by atoms with E-state index in [1.165, 1.54) is 0 Å².